The number of hydrogen-bond acceptors (Lipinski definition) is 4. The Balaban J connectivity index is 2.08. The van der Waals surface area contributed by atoms with Crippen LogP contribution in [0.15, 0.2) is 18.2 Å². The molecule has 2 aliphatic heterocycles. The molecule has 2 atom stereocenters. The number of aliphatic hydroxyl groups is 1. The number of benzene rings is 1. The van der Waals surface area contributed by atoms with Crippen LogP contribution in [0.3, 0.4) is 0 Å². The molecule has 2 heterocycles. The molecule has 4 nitrogen and oxygen atoms in total. The number of phenolic OH excluding ortho intramolecular Hbond substituents is 1. The Morgan fingerprint density at radius 1 is 1.47 bits per heavy atom. The molecular formula is C11H13NO3. The maximum Gasteiger partial charge on any atom is 0.167 e. The van der Waals surface area contributed by atoms with Crippen LogP contribution in [-0.2, 0) is 0 Å². The molecule has 0 bridgehead atoms. The molecule has 3 N–H and O–H groups in total. The van der Waals surface area contributed by atoms with Gasteiger partial charge in [0.2, 0.25) is 0 Å². The zero-order valence-electron chi connectivity index (χ0n) is 8.23. The van der Waals surface area contributed by atoms with Crippen LogP contribution in [0.25, 0.3) is 0 Å². The SMILES string of the molecule is Oc1cccc2c1OC1(CCNC1)C2O. The largest absolute Gasteiger partial charge is 0.504 e. The quantitative estimate of drug-likeness (QED) is 0.581. The van der Waals surface area contributed by atoms with Crippen molar-refractivity contribution in [2.45, 2.75) is 18.1 Å². The van der Waals surface area contributed by atoms with Gasteiger partial charge >= 0.3 is 0 Å². The van der Waals surface area contributed by atoms with E-state index in [0.717, 1.165) is 13.0 Å². The van der Waals surface area contributed by atoms with Crippen molar-refractivity contribution in [1.29, 1.82) is 0 Å². The average molecular weight is 207 g/mol. The van der Waals surface area contributed by atoms with Gasteiger partial charge in [0.1, 0.15) is 6.10 Å². The molecule has 2 aliphatic rings. The molecule has 80 valence electrons. The van der Waals surface area contributed by atoms with Crippen molar-refractivity contribution in [1.82, 2.24) is 5.32 Å². The second-order valence-electron chi connectivity index (χ2n) is 4.19. The summed E-state index contributed by atoms with van der Waals surface area (Å²) in [7, 11) is 0. The Kier molecular flexibility index (Phi) is 1.72. The van der Waals surface area contributed by atoms with E-state index in [0.29, 0.717) is 17.9 Å². The van der Waals surface area contributed by atoms with E-state index in [9.17, 15) is 10.2 Å². The van der Waals surface area contributed by atoms with Gasteiger partial charge in [0, 0.05) is 18.5 Å². The van der Waals surface area contributed by atoms with Crippen LogP contribution >= 0.6 is 0 Å². The Hall–Kier alpha value is -1.26. The predicted octanol–water partition coefficient (Wildman–Crippen LogP) is 0.550. The van der Waals surface area contributed by atoms with E-state index in [1.54, 1.807) is 18.2 Å². The molecule has 15 heavy (non-hydrogen) atoms. The van der Waals surface area contributed by atoms with Crippen LogP contribution in [0.5, 0.6) is 11.5 Å². The van der Waals surface area contributed by atoms with Gasteiger partial charge in [0.25, 0.3) is 0 Å². The molecule has 4 heteroatoms. The van der Waals surface area contributed by atoms with Crippen molar-refractivity contribution in [2.24, 2.45) is 0 Å². The third kappa shape index (κ3) is 1.09. The first-order chi connectivity index (χ1) is 7.23. The summed E-state index contributed by atoms with van der Waals surface area (Å²) < 4.78 is 5.74. The highest BCUT2D eigenvalue weighted by Gasteiger charge is 2.50. The van der Waals surface area contributed by atoms with Crippen LogP contribution in [-0.4, -0.2) is 28.9 Å². The molecular weight excluding hydrogens is 194 g/mol. The third-order valence-corrected chi connectivity index (χ3v) is 3.27. The first kappa shape index (κ1) is 9.00. The van der Waals surface area contributed by atoms with Gasteiger partial charge in [0.05, 0.1) is 0 Å². The molecule has 0 aromatic heterocycles. The number of ether oxygens (including phenoxy) is 1. The molecule has 0 aliphatic carbocycles. The molecule has 1 saturated heterocycles. The normalized spacial score (nSPS) is 33.0. The minimum absolute atomic E-state index is 0.107. The van der Waals surface area contributed by atoms with Crippen molar-refractivity contribution in [3.63, 3.8) is 0 Å². The van der Waals surface area contributed by atoms with E-state index >= 15 is 0 Å². The second kappa shape index (κ2) is 2.87. The lowest BCUT2D eigenvalue weighted by molar-refractivity contribution is -0.0134. The van der Waals surface area contributed by atoms with Crippen LogP contribution in [0.2, 0.25) is 0 Å². The van der Waals surface area contributed by atoms with Gasteiger partial charge in [0.15, 0.2) is 17.1 Å². The van der Waals surface area contributed by atoms with Gasteiger partial charge < -0.3 is 20.3 Å². The summed E-state index contributed by atoms with van der Waals surface area (Å²) in [5.41, 5.74) is 0.125. The Morgan fingerprint density at radius 2 is 2.33 bits per heavy atom. The fourth-order valence-corrected chi connectivity index (χ4v) is 2.42. The van der Waals surface area contributed by atoms with E-state index < -0.39 is 11.7 Å². The fourth-order valence-electron chi connectivity index (χ4n) is 2.42. The molecule has 1 spiro atoms. The highest BCUT2D eigenvalue weighted by Crippen LogP contribution is 2.49. The average Bonchev–Trinajstić information content (AvgIpc) is 2.79. The molecule has 1 aromatic rings. The lowest BCUT2D eigenvalue weighted by Gasteiger charge is -2.25. The van der Waals surface area contributed by atoms with Crippen molar-refractivity contribution < 1.29 is 14.9 Å². The number of nitrogens with one attached hydrogen (secondary N) is 1. The van der Waals surface area contributed by atoms with Gasteiger partial charge in [-0.3, -0.25) is 0 Å². The van der Waals surface area contributed by atoms with Gasteiger partial charge in [-0.05, 0) is 12.6 Å². The number of aromatic hydroxyl groups is 1. The van der Waals surface area contributed by atoms with E-state index in [1.165, 1.54) is 0 Å². The summed E-state index contributed by atoms with van der Waals surface area (Å²) in [6.45, 7) is 1.47. The standard InChI is InChI=1S/C11H13NO3/c13-8-3-1-2-7-9(8)15-11(10(7)14)4-5-12-6-11/h1-3,10,12-14H,4-6H2. The minimum atomic E-state index is -0.644. The van der Waals surface area contributed by atoms with Crippen molar-refractivity contribution >= 4 is 0 Å². The maximum atomic E-state index is 10.2. The molecule has 1 aromatic carbocycles. The number of para-hydroxylation sites is 1. The Labute approximate surface area is 87.5 Å². The summed E-state index contributed by atoms with van der Waals surface area (Å²) in [5.74, 6) is 0.545. The van der Waals surface area contributed by atoms with Crippen molar-refractivity contribution in [3.8, 4) is 11.5 Å². The lowest BCUT2D eigenvalue weighted by Crippen LogP contribution is -2.40. The smallest absolute Gasteiger partial charge is 0.167 e. The summed E-state index contributed by atoms with van der Waals surface area (Å²) >= 11 is 0. The van der Waals surface area contributed by atoms with Crippen molar-refractivity contribution in [2.75, 3.05) is 13.1 Å². The number of rotatable bonds is 0. The minimum Gasteiger partial charge on any atom is -0.504 e. The number of phenols is 1. The lowest BCUT2D eigenvalue weighted by atomic mass is 9.93. The molecule has 0 saturated carbocycles. The zero-order chi connectivity index (χ0) is 10.5. The first-order valence-corrected chi connectivity index (χ1v) is 5.13. The van der Waals surface area contributed by atoms with E-state index in [4.69, 9.17) is 4.74 Å². The highest BCUT2D eigenvalue weighted by molar-refractivity contribution is 5.51. The maximum absolute atomic E-state index is 10.2. The highest BCUT2D eigenvalue weighted by atomic mass is 16.5. The molecule has 0 radical (unpaired) electrons. The van der Waals surface area contributed by atoms with Crippen LogP contribution < -0.4 is 10.1 Å². The van der Waals surface area contributed by atoms with E-state index in [2.05, 4.69) is 5.32 Å². The number of aliphatic hydroxyl groups excluding tert-OH is 1. The fraction of sp³-hybridized carbons (Fsp3) is 0.455. The van der Waals surface area contributed by atoms with Crippen LogP contribution in [0.1, 0.15) is 18.1 Å². The topological polar surface area (TPSA) is 61.7 Å². The van der Waals surface area contributed by atoms with E-state index in [1.807, 2.05) is 0 Å². The summed E-state index contributed by atoms with van der Waals surface area (Å²) in [6, 6.07) is 5.10. The van der Waals surface area contributed by atoms with Gasteiger partial charge in [-0.25, -0.2) is 0 Å². The van der Waals surface area contributed by atoms with Crippen LogP contribution in [0.4, 0.5) is 0 Å². The number of hydrogen-bond donors (Lipinski definition) is 3. The first-order valence-electron chi connectivity index (χ1n) is 5.13. The molecule has 2 unspecified atom stereocenters. The Bertz CT molecular complexity index is 399. The molecule has 0 amide bonds. The van der Waals surface area contributed by atoms with Gasteiger partial charge in [-0.1, -0.05) is 12.1 Å². The van der Waals surface area contributed by atoms with E-state index in [-0.39, 0.29) is 5.75 Å². The monoisotopic (exact) mass is 207 g/mol. The van der Waals surface area contributed by atoms with Crippen LogP contribution in [0, 0.1) is 0 Å². The summed E-state index contributed by atoms with van der Waals surface area (Å²) in [4.78, 5) is 0. The van der Waals surface area contributed by atoms with Gasteiger partial charge in [-0.2, -0.15) is 0 Å². The summed E-state index contributed by atoms with van der Waals surface area (Å²) in [5, 5.41) is 23.0. The predicted molar refractivity (Wildman–Crippen MR) is 53.9 cm³/mol. The second-order valence-corrected chi connectivity index (χ2v) is 4.19. The third-order valence-electron chi connectivity index (χ3n) is 3.27. The van der Waals surface area contributed by atoms with Gasteiger partial charge in [-0.15, -0.1) is 0 Å². The molecule has 3 rings (SSSR count). The number of fused-ring (bicyclic) bond motifs is 1. The van der Waals surface area contributed by atoms with Crippen molar-refractivity contribution in [3.05, 3.63) is 23.8 Å². The zero-order valence-corrected chi connectivity index (χ0v) is 8.23. The molecule has 1 fully saturated rings. The Morgan fingerprint density at radius 3 is 3.00 bits per heavy atom. The summed E-state index contributed by atoms with van der Waals surface area (Å²) in [6.07, 6.45) is 0.122.